The summed E-state index contributed by atoms with van der Waals surface area (Å²) in [5.41, 5.74) is 1.63. The fraction of sp³-hybridized carbons (Fsp3) is 0.500. The van der Waals surface area contributed by atoms with Gasteiger partial charge in [-0.15, -0.1) is 0 Å². The van der Waals surface area contributed by atoms with Crippen LogP contribution in [0.4, 0.5) is 26.3 Å². The minimum absolute atomic E-state index is 0.126. The summed E-state index contributed by atoms with van der Waals surface area (Å²) < 4.78 is 69.2. The van der Waals surface area contributed by atoms with Crippen LogP contribution in [0.15, 0.2) is 36.5 Å². The van der Waals surface area contributed by atoms with Crippen molar-refractivity contribution in [2.45, 2.75) is 37.8 Å². The van der Waals surface area contributed by atoms with Crippen LogP contribution in [-0.4, -0.2) is 101 Å². The number of carbonyl (C=O) groups is 3. The lowest BCUT2D eigenvalue weighted by Gasteiger charge is -2.41. The van der Waals surface area contributed by atoms with Crippen LogP contribution in [0, 0.1) is 5.92 Å². The number of piperidine rings is 1. The quantitative estimate of drug-likeness (QED) is 0.540. The van der Waals surface area contributed by atoms with Crippen LogP contribution in [-0.2, 0) is 14.3 Å². The number of hydrogen-bond acceptors (Lipinski definition) is 6. The van der Waals surface area contributed by atoms with Gasteiger partial charge in [0.25, 0.3) is 5.91 Å². The van der Waals surface area contributed by atoms with E-state index in [0.29, 0.717) is 5.92 Å². The summed E-state index contributed by atoms with van der Waals surface area (Å²) in [4.78, 5) is 40.1. The first-order valence-electron chi connectivity index (χ1n) is 11.6. The summed E-state index contributed by atoms with van der Waals surface area (Å²) in [6.07, 6.45) is -7.27. The van der Waals surface area contributed by atoms with E-state index in [0.717, 1.165) is 49.1 Å². The molecular formula is C24H27F6N3O6. The first-order valence-corrected chi connectivity index (χ1v) is 11.6. The van der Waals surface area contributed by atoms with Gasteiger partial charge in [-0.05, 0) is 25.1 Å². The number of amides is 1. The summed E-state index contributed by atoms with van der Waals surface area (Å²) in [5.74, 6) is -4.99. The van der Waals surface area contributed by atoms with Gasteiger partial charge in [0.1, 0.15) is 0 Å². The van der Waals surface area contributed by atoms with E-state index in [1.807, 2.05) is 30.3 Å². The number of benzene rings is 1. The average Bonchev–Trinajstić information content (AvgIpc) is 3.32. The number of fused-ring (bicyclic) bond motifs is 2. The van der Waals surface area contributed by atoms with Gasteiger partial charge in [-0.25, -0.2) is 9.59 Å². The second kappa shape index (κ2) is 13.1. The third kappa shape index (κ3) is 8.26. The summed E-state index contributed by atoms with van der Waals surface area (Å²) in [5, 5.41) is 15.2. The number of nitrogens with zero attached hydrogens (tertiary/aromatic N) is 3. The Morgan fingerprint density at radius 3 is 2.08 bits per heavy atom. The van der Waals surface area contributed by atoms with Crippen LogP contribution in [0.2, 0.25) is 0 Å². The van der Waals surface area contributed by atoms with Gasteiger partial charge in [0.05, 0.1) is 23.2 Å². The molecule has 3 heterocycles. The summed E-state index contributed by atoms with van der Waals surface area (Å²) in [7, 11) is 1.80. The molecule has 0 aliphatic carbocycles. The third-order valence-corrected chi connectivity index (χ3v) is 6.32. The van der Waals surface area contributed by atoms with Gasteiger partial charge >= 0.3 is 24.3 Å². The van der Waals surface area contributed by atoms with Crippen LogP contribution >= 0.6 is 0 Å². The lowest BCUT2D eigenvalue weighted by Crippen LogP contribution is -2.53. The molecule has 2 aliphatic heterocycles. The maximum absolute atomic E-state index is 13.4. The van der Waals surface area contributed by atoms with Crippen molar-refractivity contribution in [3.8, 4) is 0 Å². The molecule has 15 heteroatoms. The zero-order valence-electron chi connectivity index (χ0n) is 20.9. The predicted molar refractivity (Wildman–Crippen MR) is 125 cm³/mol. The van der Waals surface area contributed by atoms with Crippen LogP contribution in [0.1, 0.15) is 23.7 Å². The summed E-state index contributed by atoms with van der Waals surface area (Å²) in [6, 6.07) is 9.96. The normalized spacial score (nSPS) is 21.2. The van der Waals surface area contributed by atoms with Crippen molar-refractivity contribution in [3.05, 3.63) is 42.1 Å². The highest BCUT2D eigenvalue weighted by Gasteiger charge is 2.46. The largest absolute Gasteiger partial charge is 0.490 e. The molecule has 9 nitrogen and oxygen atoms in total. The molecule has 1 aromatic heterocycles. The SMILES string of the molecule is CCN1C[C@H]2[C@@H](C1)N(C(=O)c1ccnc3ccccc13)CC[C@H]2OC.O=C(O)C(F)(F)F.O=C(O)C(F)(F)F. The molecule has 1 amide bonds. The van der Waals surface area contributed by atoms with Crippen molar-refractivity contribution in [2.24, 2.45) is 5.92 Å². The van der Waals surface area contributed by atoms with E-state index >= 15 is 0 Å². The smallest absolute Gasteiger partial charge is 0.475 e. The highest BCUT2D eigenvalue weighted by Crippen LogP contribution is 2.34. The number of halogens is 6. The number of aromatic nitrogens is 1. The second-order valence-corrected chi connectivity index (χ2v) is 8.63. The Morgan fingerprint density at radius 2 is 1.56 bits per heavy atom. The van der Waals surface area contributed by atoms with Gasteiger partial charge in [-0.2, -0.15) is 26.3 Å². The number of carboxylic acid groups (broad SMARTS) is 2. The minimum Gasteiger partial charge on any atom is -0.475 e. The molecule has 2 N–H and O–H groups in total. The lowest BCUT2D eigenvalue weighted by atomic mass is 9.88. The van der Waals surface area contributed by atoms with E-state index in [2.05, 4.69) is 21.7 Å². The molecule has 0 radical (unpaired) electrons. The van der Waals surface area contributed by atoms with Crippen molar-refractivity contribution in [1.29, 1.82) is 0 Å². The molecular weight excluding hydrogens is 540 g/mol. The molecule has 216 valence electrons. The fourth-order valence-corrected chi connectivity index (χ4v) is 4.48. The number of methoxy groups -OCH3 is 1. The van der Waals surface area contributed by atoms with Crippen molar-refractivity contribution >= 4 is 28.7 Å². The Hall–Kier alpha value is -3.46. The number of ether oxygens (including phenoxy) is 1. The molecule has 2 aromatic rings. The number of likely N-dealkylation sites (N-methyl/N-ethyl adjacent to an activating group) is 1. The number of hydrogen-bond donors (Lipinski definition) is 2. The number of likely N-dealkylation sites (tertiary alicyclic amines) is 2. The molecule has 0 unspecified atom stereocenters. The maximum Gasteiger partial charge on any atom is 0.490 e. The van der Waals surface area contributed by atoms with Crippen LogP contribution in [0.5, 0.6) is 0 Å². The van der Waals surface area contributed by atoms with Gasteiger partial charge in [0.15, 0.2) is 0 Å². The van der Waals surface area contributed by atoms with Crippen molar-refractivity contribution in [1.82, 2.24) is 14.8 Å². The molecule has 1 aromatic carbocycles. The molecule has 2 fully saturated rings. The van der Waals surface area contributed by atoms with Gasteiger partial charge in [-0.3, -0.25) is 9.78 Å². The molecule has 3 atom stereocenters. The zero-order chi connectivity index (χ0) is 29.5. The van der Waals surface area contributed by atoms with Gasteiger partial charge in [-0.1, -0.05) is 25.1 Å². The monoisotopic (exact) mass is 567 g/mol. The highest BCUT2D eigenvalue weighted by molar-refractivity contribution is 6.06. The maximum atomic E-state index is 13.4. The number of para-hydroxylation sites is 1. The zero-order valence-corrected chi connectivity index (χ0v) is 20.9. The lowest BCUT2D eigenvalue weighted by molar-refractivity contribution is -0.193. The van der Waals surface area contributed by atoms with E-state index in [1.54, 1.807) is 13.3 Å². The van der Waals surface area contributed by atoms with E-state index in [1.165, 1.54) is 0 Å². The Labute approximate surface area is 219 Å². The highest BCUT2D eigenvalue weighted by atomic mass is 19.4. The number of aliphatic carboxylic acids is 2. The second-order valence-electron chi connectivity index (χ2n) is 8.63. The first-order chi connectivity index (χ1) is 18.1. The number of carbonyl (C=O) groups excluding carboxylic acids is 1. The number of alkyl halides is 6. The van der Waals surface area contributed by atoms with Crippen molar-refractivity contribution < 1.29 is 55.7 Å². The van der Waals surface area contributed by atoms with Crippen molar-refractivity contribution in [3.63, 3.8) is 0 Å². The summed E-state index contributed by atoms with van der Waals surface area (Å²) >= 11 is 0. The average molecular weight is 567 g/mol. The Balaban J connectivity index is 0.000000317. The van der Waals surface area contributed by atoms with Gasteiger partial charge in [0.2, 0.25) is 0 Å². The Bertz CT molecular complexity index is 1130. The molecule has 2 aliphatic rings. The Kier molecular flexibility index (Phi) is 10.6. The number of rotatable bonds is 3. The number of pyridine rings is 1. The van der Waals surface area contributed by atoms with Crippen LogP contribution in [0.25, 0.3) is 10.9 Å². The van der Waals surface area contributed by atoms with Gasteiger partial charge < -0.3 is 24.7 Å². The van der Waals surface area contributed by atoms with E-state index in [9.17, 15) is 31.1 Å². The fourth-order valence-electron chi connectivity index (χ4n) is 4.48. The van der Waals surface area contributed by atoms with E-state index in [4.69, 9.17) is 24.5 Å². The minimum atomic E-state index is -5.08. The summed E-state index contributed by atoms with van der Waals surface area (Å²) in [6.45, 7) is 5.91. The molecule has 4 rings (SSSR count). The predicted octanol–water partition coefficient (Wildman–Crippen LogP) is 3.68. The van der Waals surface area contributed by atoms with E-state index < -0.39 is 24.3 Å². The molecule has 0 spiro atoms. The molecule has 0 bridgehead atoms. The first kappa shape index (κ1) is 31.8. The van der Waals surface area contributed by atoms with Crippen LogP contribution in [0.3, 0.4) is 0 Å². The number of carboxylic acids is 2. The van der Waals surface area contributed by atoms with Crippen molar-refractivity contribution in [2.75, 3.05) is 33.3 Å². The van der Waals surface area contributed by atoms with Crippen LogP contribution < -0.4 is 0 Å². The molecule has 2 saturated heterocycles. The molecule has 39 heavy (non-hydrogen) atoms. The third-order valence-electron chi connectivity index (χ3n) is 6.32. The van der Waals surface area contributed by atoms with Gasteiger partial charge in [0, 0.05) is 44.2 Å². The molecule has 0 saturated carbocycles. The Morgan fingerprint density at radius 1 is 1.00 bits per heavy atom. The topological polar surface area (TPSA) is 120 Å². The van der Waals surface area contributed by atoms with E-state index in [-0.39, 0.29) is 18.1 Å². The standard InChI is InChI=1S/C20H25N3O2.2C2HF3O2/c1-3-22-12-16-18(13-22)23(11-9-19(16)25-2)20(24)15-8-10-21-17-7-5-4-6-14(15)17;2*3-2(4,5)1(6)7/h4-8,10,16,18-19H,3,9,11-13H2,1-2H3;2*(H,6,7)/t16-,18+,19+;;/m0../s1.